The first-order chi connectivity index (χ1) is 48.0. The summed E-state index contributed by atoms with van der Waals surface area (Å²) in [5, 5.41) is 0. The summed E-state index contributed by atoms with van der Waals surface area (Å²) in [7, 11) is 15.8. The fourth-order valence-electron chi connectivity index (χ4n) is 12.1. The van der Waals surface area contributed by atoms with Crippen LogP contribution in [-0.2, 0) is 52.7 Å². The summed E-state index contributed by atoms with van der Waals surface area (Å²) in [6, 6.07) is 6.84. The van der Waals surface area contributed by atoms with Crippen LogP contribution in [0.25, 0.3) is 0 Å². The molecule has 1 aromatic carbocycles. The van der Waals surface area contributed by atoms with Crippen LogP contribution < -0.4 is 0 Å². The van der Waals surface area contributed by atoms with Crippen LogP contribution in [0.2, 0.25) is 0 Å². The van der Waals surface area contributed by atoms with Gasteiger partial charge in [0.1, 0.15) is 0 Å². The van der Waals surface area contributed by atoms with Gasteiger partial charge in [-0.3, -0.25) is 86.9 Å². The number of fused-ring (bicyclic) bond motifs is 5. The van der Waals surface area contributed by atoms with E-state index in [-0.39, 0.29) is 118 Å². The van der Waals surface area contributed by atoms with Crippen LogP contribution in [0.15, 0.2) is 24.3 Å². The van der Waals surface area contributed by atoms with E-state index in [0.29, 0.717) is 24.0 Å². The minimum atomic E-state index is -0.212. The average molecular weight is 1420 g/mol. The molecule has 0 N–H and O–H groups in total. The molecule has 14 rings (SSSR count). The lowest BCUT2D eigenvalue weighted by atomic mass is 9.76. The number of imide groups is 6. The summed E-state index contributed by atoms with van der Waals surface area (Å²) in [5.74, 6) is 0.0885. The number of morpholine rings is 1. The molecule has 8 atom stereocenters. The highest BCUT2D eigenvalue weighted by Crippen LogP contribution is 2.46. The van der Waals surface area contributed by atoms with Crippen molar-refractivity contribution >= 4 is 70.9 Å². The van der Waals surface area contributed by atoms with E-state index in [4.69, 9.17) is 4.74 Å². The standard InChI is InChI=1S/C9H13NO2.C9H7NO2.C8H11NO2.C7H9NO2.C6H7NO2.C6H13N.C5H7NO2.C5H11NO.C5H11N.9C2H6/c2*1-10-8(11)6-4-2-3-5-7(6)9(10)12;1-9-7(10)5-3-2-4-6(5)8(9)11;1-8-6(9)4-2-3-5(4)7(8)10;1-7-5(8)3-2-4(3)6(7)9;1-7-5-3-2-4-6-7;1-6-4(7)2-3-5(6)8;1-6-2-4-7-5-3-6;1-6-4-2-3-5-6;9*1-2/h6-7H,2-5H2,1H3;2-5H,1H3;5-6H,2-4H2,1H3;4-5H,2-3H2,1H3;3-4H,2H2,1H3;2-6H2,1H3;2-3H2,1H3;2-5H2,1H3;2-5H2,1H3;9*1-2H3. The smallest absolute Gasteiger partial charge is 0.261 e. The van der Waals surface area contributed by atoms with E-state index in [9.17, 15) is 57.5 Å². The van der Waals surface area contributed by atoms with Gasteiger partial charge >= 0.3 is 0 Å². The Bertz CT molecular complexity index is 2390. The lowest BCUT2D eigenvalue weighted by Crippen LogP contribution is -2.32. The molecule has 0 aromatic heterocycles. The molecule has 9 aliphatic heterocycles. The summed E-state index contributed by atoms with van der Waals surface area (Å²) in [5.41, 5.74) is 1.01. The van der Waals surface area contributed by atoms with Gasteiger partial charge in [-0.2, -0.15) is 0 Å². The van der Waals surface area contributed by atoms with E-state index in [1.807, 2.05) is 125 Å². The third-order valence-corrected chi connectivity index (χ3v) is 18.0. The zero-order chi connectivity index (χ0) is 78.1. The Morgan fingerprint density at radius 3 is 0.710 bits per heavy atom. The average Bonchev–Trinajstić information content (AvgIpc) is 1.62. The maximum atomic E-state index is 11.5. The number of carbonyl (C=O) groups excluding carboxylic acids is 12. The molecule has 4 saturated carbocycles. The molecule has 22 nitrogen and oxygen atoms in total. The topological polar surface area (TPSA) is 243 Å². The Kier molecular flexibility index (Phi) is 57.6. The predicted molar refractivity (Wildman–Crippen MR) is 404 cm³/mol. The van der Waals surface area contributed by atoms with E-state index in [1.54, 1.807) is 52.5 Å². The van der Waals surface area contributed by atoms with Gasteiger partial charge in [0.05, 0.1) is 71.7 Å². The van der Waals surface area contributed by atoms with Crippen molar-refractivity contribution < 1.29 is 62.3 Å². The summed E-state index contributed by atoms with van der Waals surface area (Å²) in [6.45, 7) is 45.3. The Morgan fingerprint density at radius 1 is 0.270 bits per heavy atom. The van der Waals surface area contributed by atoms with Crippen LogP contribution in [0.3, 0.4) is 0 Å². The molecule has 12 fully saturated rings. The first-order valence-corrected chi connectivity index (χ1v) is 38.6. The number of hydrogen-bond acceptors (Lipinski definition) is 16. The number of nitrogens with zero attached hydrogens (tertiary/aromatic N) is 9. The van der Waals surface area contributed by atoms with Gasteiger partial charge in [0.25, 0.3) is 11.8 Å². The van der Waals surface area contributed by atoms with Gasteiger partial charge in [-0.15, -0.1) is 0 Å². The van der Waals surface area contributed by atoms with Gasteiger partial charge in [-0.25, -0.2) is 0 Å². The van der Waals surface area contributed by atoms with E-state index < -0.39 is 0 Å². The van der Waals surface area contributed by atoms with Crippen molar-refractivity contribution in [3.05, 3.63) is 35.4 Å². The van der Waals surface area contributed by atoms with Gasteiger partial charge in [0.2, 0.25) is 59.1 Å². The van der Waals surface area contributed by atoms with Crippen molar-refractivity contribution in [1.82, 2.24) is 44.1 Å². The molecule has 22 heteroatoms. The van der Waals surface area contributed by atoms with Crippen molar-refractivity contribution in [3.63, 3.8) is 0 Å². The maximum Gasteiger partial charge on any atom is 0.261 e. The molecule has 1 aromatic rings. The number of likely N-dealkylation sites (tertiary alicyclic amines) is 7. The monoisotopic (exact) mass is 1410 g/mol. The summed E-state index contributed by atoms with van der Waals surface area (Å²) < 4.78 is 5.10. The first kappa shape index (κ1) is 100. The third kappa shape index (κ3) is 30.8. The van der Waals surface area contributed by atoms with Crippen molar-refractivity contribution in [2.24, 2.45) is 47.3 Å². The lowest BCUT2D eigenvalue weighted by Gasteiger charge is -2.24. The highest BCUT2D eigenvalue weighted by molar-refractivity contribution is 6.21. The number of hydrogen-bond donors (Lipinski definition) is 0. The summed E-state index contributed by atoms with van der Waals surface area (Å²) >= 11 is 0. The molecule has 0 spiro atoms. The van der Waals surface area contributed by atoms with Crippen LogP contribution in [-0.4, -0.2) is 231 Å². The van der Waals surface area contributed by atoms with Gasteiger partial charge in [-0.05, 0) is 130 Å². The molecule has 4 aliphatic carbocycles. The van der Waals surface area contributed by atoms with Gasteiger partial charge in [0.15, 0.2) is 0 Å². The second-order valence-corrected chi connectivity index (χ2v) is 23.7. The zero-order valence-corrected chi connectivity index (χ0v) is 67.9. The van der Waals surface area contributed by atoms with Crippen LogP contribution in [0.5, 0.6) is 0 Å². The van der Waals surface area contributed by atoms with E-state index in [1.165, 1.54) is 96.9 Å². The molecule has 0 bridgehead atoms. The van der Waals surface area contributed by atoms with Crippen molar-refractivity contribution in [3.8, 4) is 0 Å². The largest absolute Gasteiger partial charge is 0.379 e. The number of piperidine rings is 2. The van der Waals surface area contributed by atoms with Crippen molar-refractivity contribution in [2.75, 3.05) is 116 Å². The molecule has 13 aliphatic rings. The first-order valence-electron chi connectivity index (χ1n) is 38.6. The molecule has 578 valence electrons. The molecule has 8 saturated heterocycles. The van der Waals surface area contributed by atoms with Crippen molar-refractivity contribution in [1.29, 1.82) is 0 Å². The molecule has 12 amide bonds. The van der Waals surface area contributed by atoms with E-state index in [2.05, 4.69) is 35.8 Å². The highest BCUT2D eigenvalue weighted by atomic mass is 16.5. The Hall–Kier alpha value is -6.10. The minimum absolute atomic E-state index is 0.0185. The van der Waals surface area contributed by atoms with Crippen molar-refractivity contribution in [2.45, 2.75) is 234 Å². The van der Waals surface area contributed by atoms with E-state index in [0.717, 1.165) is 95.4 Å². The Balaban J connectivity index is -0.000000507. The number of rotatable bonds is 0. The molecule has 8 unspecified atom stereocenters. The molecular formula is C78H143N9O13. The van der Waals surface area contributed by atoms with Crippen LogP contribution >= 0.6 is 0 Å². The van der Waals surface area contributed by atoms with Crippen LogP contribution in [0.1, 0.15) is 254 Å². The maximum absolute atomic E-state index is 11.5. The number of likely N-dealkylation sites (N-methyl/N-ethyl adjacent to an activating group) is 1. The number of benzene rings is 1. The fraction of sp³-hybridized carbons (Fsp3) is 0.769. The zero-order valence-electron chi connectivity index (χ0n) is 67.9. The SMILES string of the molecule is CC.CC.CC.CC.CC.CC.CC.CC.CC.CN1C(=O)C2CC2C1=O.CN1C(=O)C2CCC2C1=O.CN1C(=O)C2CCCC2C1=O.CN1C(=O)C2CCCCC2C1=O.CN1C(=O)CCC1=O.CN1C(=O)c2ccccc2C1=O.CN1CCCC1.CN1CCCCC1.CN1CCOCC1. The van der Waals surface area contributed by atoms with Gasteiger partial charge in [-0.1, -0.05) is 162 Å². The van der Waals surface area contributed by atoms with Crippen LogP contribution in [0.4, 0.5) is 0 Å². The second-order valence-electron chi connectivity index (χ2n) is 23.7. The second kappa shape index (κ2) is 57.4. The van der Waals surface area contributed by atoms with E-state index >= 15 is 0 Å². The number of ether oxygens (including phenoxy) is 1. The Morgan fingerprint density at radius 2 is 0.510 bits per heavy atom. The summed E-state index contributed by atoms with van der Waals surface area (Å²) in [4.78, 5) is 147. The fourth-order valence-corrected chi connectivity index (χ4v) is 12.1. The predicted octanol–water partition coefficient (Wildman–Crippen LogP) is 12.5. The highest BCUT2D eigenvalue weighted by Gasteiger charge is 2.57. The quantitative estimate of drug-likeness (QED) is 0.219. The lowest BCUT2D eigenvalue weighted by molar-refractivity contribution is -0.140. The van der Waals surface area contributed by atoms with Gasteiger partial charge < -0.3 is 19.4 Å². The molecule has 0 radical (unpaired) electrons. The van der Waals surface area contributed by atoms with Gasteiger partial charge in [0, 0.05) is 68.2 Å². The molecule has 9 heterocycles. The molecule has 100 heavy (non-hydrogen) atoms. The minimum Gasteiger partial charge on any atom is -0.379 e. The molecular weight excluding hydrogens is 1270 g/mol. The number of carbonyl (C=O) groups is 12. The number of amides is 12. The third-order valence-electron chi connectivity index (χ3n) is 18.0. The normalized spacial score (nSPS) is 24.7. The summed E-state index contributed by atoms with van der Waals surface area (Å²) in [6.07, 6.45) is 17.5. The Labute approximate surface area is 607 Å². The van der Waals surface area contributed by atoms with Crippen LogP contribution in [0, 0.1) is 47.3 Å².